The topological polar surface area (TPSA) is 114 Å². The zero-order chi connectivity index (χ0) is 18.7. The molecule has 0 amide bonds. The van der Waals surface area contributed by atoms with Gasteiger partial charge in [0.25, 0.3) is 0 Å². The Balaban J connectivity index is 2.32. The van der Waals surface area contributed by atoms with Gasteiger partial charge in [0.2, 0.25) is 0 Å². The van der Waals surface area contributed by atoms with Crippen LogP contribution in [0.4, 0.5) is 0 Å². The monoisotopic (exact) mass is 356 g/mol. The molecule has 9 heteroatoms. The van der Waals surface area contributed by atoms with Gasteiger partial charge < -0.3 is 23.7 Å². The number of hydrogen-bond donors (Lipinski definition) is 0. The van der Waals surface area contributed by atoms with E-state index in [0.717, 1.165) is 0 Å². The third-order valence-corrected chi connectivity index (χ3v) is 3.78. The molecule has 2 heterocycles. The van der Waals surface area contributed by atoms with Crippen molar-refractivity contribution in [2.75, 3.05) is 13.2 Å². The summed E-state index contributed by atoms with van der Waals surface area (Å²) in [5.41, 5.74) is 1.08. The number of hydrogen-bond acceptors (Lipinski definition) is 9. The van der Waals surface area contributed by atoms with Gasteiger partial charge in [-0.05, 0) is 0 Å². The van der Waals surface area contributed by atoms with Gasteiger partial charge in [0.15, 0.2) is 12.2 Å². The SMILES string of the molecule is CC(=O)OCC1=C(COC(C)=O)[C@@H]2O[C@H]1[C@@H](OC(C)=O)[C@H]2OC(C)=O. The highest BCUT2D eigenvalue weighted by Gasteiger charge is 2.57. The summed E-state index contributed by atoms with van der Waals surface area (Å²) < 4.78 is 26.3. The molecule has 0 N–H and O–H groups in total. The Morgan fingerprint density at radius 2 is 1.08 bits per heavy atom. The lowest BCUT2D eigenvalue weighted by atomic mass is 9.88. The molecule has 0 spiro atoms. The van der Waals surface area contributed by atoms with Gasteiger partial charge in [-0.3, -0.25) is 19.2 Å². The van der Waals surface area contributed by atoms with E-state index in [1.54, 1.807) is 0 Å². The van der Waals surface area contributed by atoms with Crippen LogP contribution < -0.4 is 0 Å². The number of ether oxygens (including phenoxy) is 5. The standard InChI is InChI=1S/C16H20O9/c1-7(17)21-5-11-12(6-22-8(2)18)14-16(24-10(4)20)15(13(11)25-14)23-9(3)19/h13-16H,5-6H2,1-4H3/t13-,14+,15-,16+. The molecular weight excluding hydrogens is 336 g/mol. The van der Waals surface area contributed by atoms with Crippen LogP contribution in [0.15, 0.2) is 11.1 Å². The highest BCUT2D eigenvalue weighted by atomic mass is 16.6. The van der Waals surface area contributed by atoms with Gasteiger partial charge in [-0.15, -0.1) is 0 Å². The zero-order valence-corrected chi connectivity index (χ0v) is 14.4. The molecule has 4 atom stereocenters. The van der Waals surface area contributed by atoms with E-state index in [2.05, 4.69) is 0 Å². The smallest absolute Gasteiger partial charge is 0.303 e. The maximum Gasteiger partial charge on any atom is 0.303 e. The molecule has 0 aromatic rings. The Morgan fingerprint density at radius 1 is 0.720 bits per heavy atom. The zero-order valence-electron chi connectivity index (χ0n) is 14.4. The van der Waals surface area contributed by atoms with Gasteiger partial charge >= 0.3 is 23.9 Å². The van der Waals surface area contributed by atoms with Crippen molar-refractivity contribution in [3.05, 3.63) is 11.1 Å². The fourth-order valence-electron chi connectivity index (χ4n) is 2.93. The molecule has 25 heavy (non-hydrogen) atoms. The Kier molecular flexibility index (Phi) is 5.78. The molecule has 1 fully saturated rings. The lowest BCUT2D eigenvalue weighted by Crippen LogP contribution is -2.45. The highest BCUT2D eigenvalue weighted by Crippen LogP contribution is 2.43. The molecule has 2 rings (SSSR count). The van der Waals surface area contributed by atoms with E-state index < -0.39 is 48.3 Å². The second-order valence-corrected chi connectivity index (χ2v) is 5.74. The number of rotatable bonds is 6. The van der Waals surface area contributed by atoms with E-state index in [0.29, 0.717) is 11.1 Å². The molecule has 2 aliphatic rings. The van der Waals surface area contributed by atoms with Gasteiger partial charge in [0, 0.05) is 38.8 Å². The predicted molar refractivity (Wildman–Crippen MR) is 80.1 cm³/mol. The fraction of sp³-hybridized carbons (Fsp3) is 0.625. The molecule has 9 nitrogen and oxygen atoms in total. The summed E-state index contributed by atoms with van der Waals surface area (Å²) in [6.45, 7) is 4.77. The van der Waals surface area contributed by atoms with Crippen LogP contribution in [-0.4, -0.2) is 61.5 Å². The summed E-state index contributed by atoms with van der Waals surface area (Å²) in [5, 5.41) is 0. The van der Waals surface area contributed by atoms with Crippen LogP contribution in [0.1, 0.15) is 27.7 Å². The fourth-order valence-corrected chi connectivity index (χ4v) is 2.93. The average Bonchev–Trinajstić information content (AvgIpc) is 2.98. The lowest BCUT2D eigenvalue weighted by Gasteiger charge is -2.29. The van der Waals surface area contributed by atoms with Crippen LogP contribution in [0, 0.1) is 0 Å². The number of carbonyl (C=O) groups excluding carboxylic acids is 4. The van der Waals surface area contributed by atoms with Crippen LogP contribution in [0.5, 0.6) is 0 Å². The van der Waals surface area contributed by atoms with E-state index in [-0.39, 0.29) is 13.2 Å². The highest BCUT2D eigenvalue weighted by molar-refractivity contribution is 5.69. The Labute approximate surface area is 144 Å². The quantitative estimate of drug-likeness (QED) is 0.370. The molecule has 0 aliphatic carbocycles. The molecule has 1 saturated heterocycles. The van der Waals surface area contributed by atoms with E-state index in [4.69, 9.17) is 23.7 Å². The van der Waals surface area contributed by atoms with Gasteiger partial charge in [-0.2, -0.15) is 0 Å². The second-order valence-electron chi connectivity index (χ2n) is 5.74. The minimum absolute atomic E-state index is 0.0995. The van der Waals surface area contributed by atoms with Crippen molar-refractivity contribution in [3.63, 3.8) is 0 Å². The first kappa shape index (κ1) is 18.9. The van der Waals surface area contributed by atoms with Crippen molar-refractivity contribution in [1.82, 2.24) is 0 Å². The van der Waals surface area contributed by atoms with Crippen LogP contribution in [0.3, 0.4) is 0 Å². The first-order chi connectivity index (χ1) is 11.7. The molecule has 0 aromatic carbocycles. The minimum Gasteiger partial charge on any atom is -0.461 e. The maximum absolute atomic E-state index is 11.4. The summed E-state index contributed by atoms with van der Waals surface area (Å²) in [6, 6.07) is 0. The van der Waals surface area contributed by atoms with Crippen molar-refractivity contribution in [3.8, 4) is 0 Å². The minimum atomic E-state index is -0.863. The van der Waals surface area contributed by atoms with E-state index in [9.17, 15) is 19.2 Å². The van der Waals surface area contributed by atoms with Crippen molar-refractivity contribution in [1.29, 1.82) is 0 Å². The number of fused-ring (bicyclic) bond motifs is 2. The molecular formula is C16H20O9. The van der Waals surface area contributed by atoms with Crippen LogP contribution in [0.25, 0.3) is 0 Å². The molecule has 2 aliphatic heterocycles. The van der Waals surface area contributed by atoms with Crippen LogP contribution in [-0.2, 0) is 42.9 Å². The van der Waals surface area contributed by atoms with Crippen molar-refractivity contribution in [2.24, 2.45) is 0 Å². The number of carbonyl (C=O) groups is 4. The second kappa shape index (κ2) is 7.64. The largest absolute Gasteiger partial charge is 0.461 e. The van der Waals surface area contributed by atoms with Gasteiger partial charge in [-0.1, -0.05) is 0 Å². The van der Waals surface area contributed by atoms with Gasteiger partial charge in [0.1, 0.15) is 25.4 Å². The molecule has 138 valence electrons. The van der Waals surface area contributed by atoms with Gasteiger partial charge in [0.05, 0.1) is 0 Å². The van der Waals surface area contributed by atoms with Crippen molar-refractivity contribution < 1.29 is 42.9 Å². The van der Waals surface area contributed by atoms with Crippen molar-refractivity contribution in [2.45, 2.75) is 52.1 Å². The Bertz CT molecular complexity index is 569. The molecule has 0 unspecified atom stereocenters. The molecule has 0 radical (unpaired) electrons. The van der Waals surface area contributed by atoms with E-state index >= 15 is 0 Å². The normalized spacial score (nSPS) is 27.0. The summed E-state index contributed by atoms with van der Waals surface area (Å²) in [6.07, 6.45) is -3.22. The third kappa shape index (κ3) is 4.36. The van der Waals surface area contributed by atoms with Gasteiger partial charge in [-0.25, -0.2) is 0 Å². The lowest BCUT2D eigenvalue weighted by molar-refractivity contribution is -0.164. The first-order valence-electron chi connectivity index (χ1n) is 7.69. The maximum atomic E-state index is 11.4. The van der Waals surface area contributed by atoms with Crippen molar-refractivity contribution >= 4 is 23.9 Å². The average molecular weight is 356 g/mol. The third-order valence-electron chi connectivity index (χ3n) is 3.78. The Hall–Kier alpha value is -2.42. The van der Waals surface area contributed by atoms with Crippen LogP contribution in [0.2, 0.25) is 0 Å². The summed E-state index contributed by atoms with van der Waals surface area (Å²) in [5.74, 6) is -2.12. The Morgan fingerprint density at radius 3 is 1.36 bits per heavy atom. The first-order valence-corrected chi connectivity index (χ1v) is 7.69. The summed E-state index contributed by atoms with van der Waals surface area (Å²) >= 11 is 0. The molecule has 2 bridgehead atoms. The molecule has 0 saturated carbocycles. The van der Waals surface area contributed by atoms with E-state index in [1.165, 1.54) is 27.7 Å². The molecule has 0 aromatic heterocycles. The summed E-state index contributed by atoms with van der Waals surface area (Å²) in [4.78, 5) is 45.0. The van der Waals surface area contributed by atoms with E-state index in [1.807, 2.05) is 0 Å². The number of esters is 4. The van der Waals surface area contributed by atoms with Crippen LogP contribution >= 0.6 is 0 Å². The predicted octanol–water partition coefficient (Wildman–Crippen LogP) is 0.0536. The summed E-state index contributed by atoms with van der Waals surface area (Å²) in [7, 11) is 0.